The van der Waals surface area contributed by atoms with Crippen molar-refractivity contribution in [1.82, 2.24) is 9.97 Å². The molecule has 0 aliphatic heterocycles. The maximum atomic E-state index is 12.4. The van der Waals surface area contributed by atoms with E-state index in [2.05, 4.69) is 22.2 Å². The number of pyridine rings is 2. The maximum absolute atomic E-state index is 12.4. The molecule has 0 fully saturated rings. The minimum atomic E-state index is -1.08. The zero-order chi connectivity index (χ0) is 18.9. The van der Waals surface area contributed by atoms with Gasteiger partial charge >= 0.3 is 5.97 Å². The summed E-state index contributed by atoms with van der Waals surface area (Å²) < 4.78 is 10.7. The average molecular weight is 359 g/mol. The first kappa shape index (κ1) is 19.2. The zero-order valence-corrected chi connectivity index (χ0v) is 14.7. The van der Waals surface area contributed by atoms with Crippen LogP contribution < -0.4 is 14.8 Å². The van der Waals surface area contributed by atoms with E-state index in [4.69, 9.17) is 14.6 Å². The molecular formula is C18H21N3O5. The van der Waals surface area contributed by atoms with E-state index in [1.807, 2.05) is 0 Å². The number of carbonyl (C=O) groups excluding carboxylic acids is 1. The summed E-state index contributed by atoms with van der Waals surface area (Å²) in [6, 6.07) is 5.79. The highest BCUT2D eigenvalue weighted by atomic mass is 16.5. The summed E-state index contributed by atoms with van der Waals surface area (Å²) in [6.07, 6.45) is 4.20. The predicted octanol–water partition coefficient (Wildman–Crippen LogP) is 3.00. The Morgan fingerprint density at radius 1 is 1.15 bits per heavy atom. The van der Waals surface area contributed by atoms with Crippen LogP contribution >= 0.6 is 0 Å². The van der Waals surface area contributed by atoms with Gasteiger partial charge in [-0.1, -0.05) is 19.8 Å². The smallest absolute Gasteiger partial charge is 0.337 e. The van der Waals surface area contributed by atoms with Crippen LogP contribution in [0.4, 0.5) is 5.82 Å². The Bertz CT molecular complexity index is 762. The van der Waals surface area contributed by atoms with Crippen LogP contribution in [0.1, 0.15) is 46.9 Å². The van der Waals surface area contributed by atoms with E-state index in [1.54, 1.807) is 0 Å². The molecule has 8 heteroatoms. The highest BCUT2D eigenvalue weighted by Crippen LogP contribution is 2.19. The minimum absolute atomic E-state index is 0.0383. The van der Waals surface area contributed by atoms with Gasteiger partial charge in [-0.3, -0.25) is 4.79 Å². The molecule has 0 saturated heterocycles. The van der Waals surface area contributed by atoms with Crippen LogP contribution in [0, 0.1) is 0 Å². The number of hydrogen-bond donors (Lipinski definition) is 2. The highest BCUT2D eigenvalue weighted by Gasteiger charge is 2.13. The molecule has 2 rings (SSSR count). The van der Waals surface area contributed by atoms with Crippen LogP contribution in [0.15, 0.2) is 30.5 Å². The summed E-state index contributed by atoms with van der Waals surface area (Å²) in [5.74, 6) is -0.711. The molecule has 0 bridgehead atoms. The Morgan fingerprint density at radius 3 is 2.54 bits per heavy atom. The van der Waals surface area contributed by atoms with Gasteiger partial charge in [0, 0.05) is 18.3 Å². The molecule has 0 spiro atoms. The SMILES string of the molecule is CCCCCOc1cc(C(=O)Nc2ccc(C(=O)O)cn2)cc(OC)n1. The molecule has 2 aromatic rings. The van der Waals surface area contributed by atoms with Gasteiger partial charge in [-0.05, 0) is 18.6 Å². The van der Waals surface area contributed by atoms with Gasteiger partial charge in [-0.2, -0.15) is 4.98 Å². The lowest BCUT2D eigenvalue weighted by Crippen LogP contribution is -2.14. The minimum Gasteiger partial charge on any atom is -0.481 e. The third-order valence-corrected chi connectivity index (χ3v) is 3.50. The van der Waals surface area contributed by atoms with E-state index >= 15 is 0 Å². The van der Waals surface area contributed by atoms with Crippen LogP contribution in [0.2, 0.25) is 0 Å². The molecular weight excluding hydrogens is 338 g/mol. The third-order valence-electron chi connectivity index (χ3n) is 3.50. The Hall–Kier alpha value is -3.16. The monoisotopic (exact) mass is 359 g/mol. The van der Waals surface area contributed by atoms with Crippen molar-refractivity contribution in [3.05, 3.63) is 41.6 Å². The average Bonchev–Trinajstić information content (AvgIpc) is 2.65. The molecule has 8 nitrogen and oxygen atoms in total. The second-order valence-corrected chi connectivity index (χ2v) is 5.48. The van der Waals surface area contributed by atoms with Crippen LogP contribution in [-0.4, -0.2) is 40.7 Å². The van der Waals surface area contributed by atoms with Crippen LogP contribution in [0.25, 0.3) is 0 Å². The summed E-state index contributed by atoms with van der Waals surface area (Å²) in [6.45, 7) is 2.61. The van der Waals surface area contributed by atoms with E-state index in [0.717, 1.165) is 19.3 Å². The molecule has 26 heavy (non-hydrogen) atoms. The number of carboxylic acid groups (broad SMARTS) is 1. The normalized spacial score (nSPS) is 10.2. The number of methoxy groups -OCH3 is 1. The van der Waals surface area contributed by atoms with Crippen molar-refractivity contribution in [1.29, 1.82) is 0 Å². The number of carboxylic acids is 1. The second kappa shape index (κ2) is 9.36. The van der Waals surface area contributed by atoms with Crippen molar-refractivity contribution in [2.75, 3.05) is 19.0 Å². The van der Waals surface area contributed by atoms with Crippen LogP contribution in [0.3, 0.4) is 0 Å². The fraction of sp³-hybridized carbons (Fsp3) is 0.333. The quantitative estimate of drug-likeness (QED) is 0.662. The van der Waals surface area contributed by atoms with Crippen molar-refractivity contribution in [3.63, 3.8) is 0 Å². The fourth-order valence-corrected chi connectivity index (χ4v) is 2.10. The predicted molar refractivity (Wildman–Crippen MR) is 95.0 cm³/mol. The summed E-state index contributed by atoms with van der Waals surface area (Å²) in [5.41, 5.74) is 0.336. The summed E-state index contributed by atoms with van der Waals surface area (Å²) >= 11 is 0. The van der Waals surface area contributed by atoms with Crippen LogP contribution in [-0.2, 0) is 0 Å². The number of nitrogens with zero attached hydrogens (tertiary/aromatic N) is 2. The molecule has 0 radical (unpaired) electrons. The molecule has 0 aromatic carbocycles. The number of rotatable bonds is 9. The molecule has 1 amide bonds. The highest BCUT2D eigenvalue weighted by molar-refractivity contribution is 6.04. The van der Waals surface area contributed by atoms with Gasteiger partial charge in [-0.25, -0.2) is 9.78 Å². The number of aromatic carboxylic acids is 1. The van der Waals surface area contributed by atoms with E-state index in [9.17, 15) is 9.59 Å². The van der Waals surface area contributed by atoms with Crippen molar-refractivity contribution in [2.45, 2.75) is 26.2 Å². The Balaban J connectivity index is 2.10. The van der Waals surface area contributed by atoms with E-state index in [-0.39, 0.29) is 17.3 Å². The number of unbranched alkanes of at least 4 members (excludes halogenated alkanes) is 2. The molecule has 2 aromatic heterocycles. The first-order valence-electron chi connectivity index (χ1n) is 8.23. The van der Waals surface area contributed by atoms with Crippen molar-refractivity contribution < 1.29 is 24.2 Å². The van der Waals surface area contributed by atoms with Gasteiger partial charge in [0.2, 0.25) is 11.8 Å². The van der Waals surface area contributed by atoms with Gasteiger partial charge in [0.25, 0.3) is 5.91 Å². The Morgan fingerprint density at radius 2 is 1.92 bits per heavy atom. The lowest BCUT2D eigenvalue weighted by Gasteiger charge is -2.10. The number of amides is 1. The van der Waals surface area contributed by atoms with Gasteiger partial charge in [-0.15, -0.1) is 0 Å². The Labute approximate surface area is 151 Å². The molecule has 2 N–H and O–H groups in total. The van der Waals surface area contributed by atoms with Crippen molar-refractivity contribution >= 4 is 17.7 Å². The van der Waals surface area contributed by atoms with Gasteiger partial charge in [0.1, 0.15) is 5.82 Å². The Kier molecular flexibility index (Phi) is 6.90. The van der Waals surface area contributed by atoms with E-state index in [1.165, 1.54) is 37.6 Å². The fourth-order valence-electron chi connectivity index (χ4n) is 2.10. The molecule has 0 aliphatic rings. The molecule has 0 atom stereocenters. The van der Waals surface area contributed by atoms with Gasteiger partial charge in [0.15, 0.2) is 0 Å². The third kappa shape index (κ3) is 5.44. The van der Waals surface area contributed by atoms with Gasteiger partial charge < -0.3 is 19.9 Å². The topological polar surface area (TPSA) is 111 Å². The number of aromatic nitrogens is 2. The van der Waals surface area contributed by atoms with Crippen LogP contribution in [0.5, 0.6) is 11.8 Å². The molecule has 0 aliphatic carbocycles. The lowest BCUT2D eigenvalue weighted by atomic mass is 10.2. The van der Waals surface area contributed by atoms with Gasteiger partial charge in [0.05, 0.1) is 24.8 Å². The first-order chi connectivity index (χ1) is 12.5. The maximum Gasteiger partial charge on any atom is 0.337 e. The summed E-state index contributed by atoms with van der Waals surface area (Å²) in [7, 11) is 1.46. The molecule has 0 saturated carbocycles. The number of nitrogens with one attached hydrogen (secondary N) is 1. The number of ether oxygens (including phenoxy) is 2. The standard InChI is InChI=1S/C18H21N3O5/c1-3-4-5-8-26-16-10-13(9-15(21-16)25-2)17(22)20-14-7-6-12(11-19-14)18(23)24/h6-7,9-11H,3-5,8H2,1-2H3,(H,23,24)(H,19,20,22). The summed E-state index contributed by atoms with van der Waals surface area (Å²) in [4.78, 5) is 31.3. The van der Waals surface area contributed by atoms with Crippen molar-refractivity contribution in [3.8, 4) is 11.8 Å². The first-order valence-corrected chi connectivity index (χ1v) is 8.23. The molecule has 138 valence electrons. The van der Waals surface area contributed by atoms with E-state index < -0.39 is 11.9 Å². The lowest BCUT2D eigenvalue weighted by molar-refractivity contribution is 0.0696. The summed E-state index contributed by atoms with van der Waals surface area (Å²) in [5, 5.41) is 11.5. The van der Waals surface area contributed by atoms with E-state index in [0.29, 0.717) is 18.1 Å². The molecule has 0 unspecified atom stereocenters. The number of anilines is 1. The zero-order valence-electron chi connectivity index (χ0n) is 14.7. The number of carbonyl (C=O) groups is 2. The van der Waals surface area contributed by atoms with Crippen molar-refractivity contribution in [2.24, 2.45) is 0 Å². The molecule has 2 heterocycles. The number of hydrogen-bond acceptors (Lipinski definition) is 6. The second-order valence-electron chi connectivity index (χ2n) is 5.48. The largest absolute Gasteiger partial charge is 0.481 e.